The Kier molecular flexibility index (Phi) is 7.86. The molecule has 0 saturated carbocycles. The number of rotatable bonds is 10. The Balaban J connectivity index is 1.80. The van der Waals surface area contributed by atoms with Gasteiger partial charge in [-0.15, -0.1) is 0 Å². The van der Waals surface area contributed by atoms with E-state index in [1.165, 1.54) is 12.1 Å². The molecule has 0 amide bonds. The van der Waals surface area contributed by atoms with E-state index in [0.717, 1.165) is 24.1 Å². The van der Waals surface area contributed by atoms with Gasteiger partial charge >= 0.3 is 0 Å². The quantitative estimate of drug-likeness (QED) is 0.615. The van der Waals surface area contributed by atoms with Gasteiger partial charge in [-0.25, -0.2) is 4.39 Å². The van der Waals surface area contributed by atoms with E-state index in [-0.39, 0.29) is 11.2 Å². The highest BCUT2D eigenvalue weighted by molar-refractivity contribution is 6.32. The lowest BCUT2D eigenvalue weighted by molar-refractivity contribution is -0.118. The molecule has 2 rings (SSSR count). The van der Waals surface area contributed by atoms with E-state index in [4.69, 9.17) is 12.6 Å². The van der Waals surface area contributed by atoms with Gasteiger partial charge in [0.2, 0.25) is 0 Å². The first-order valence-corrected chi connectivity index (χ1v) is 8.86. The van der Waals surface area contributed by atoms with Crippen molar-refractivity contribution in [1.29, 1.82) is 0 Å². The second kappa shape index (κ2) is 10.1. The Morgan fingerprint density at radius 2 is 1.92 bits per heavy atom. The Morgan fingerprint density at radius 3 is 2.65 bits per heavy atom. The fourth-order valence-electron chi connectivity index (χ4n) is 2.69. The van der Waals surface area contributed by atoms with Gasteiger partial charge in [0.15, 0.2) is 0 Å². The lowest BCUT2D eigenvalue weighted by atomic mass is 9.96. The minimum atomic E-state index is -0.475. The minimum absolute atomic E-state index is 0.111. The van der Waals surface area contributed by atoms with E-state index in [0.29, 0.717) is 31.6 Å². The van der Waals surface area contributed by atoms with Gasteiger partial charge in [0.25, 0.3) is 0 Å². The third kappa shape index (κ3) is 7.00. The SMILES string of the molecule is [B]c1ccc(OCCc2cccc(CC(=O)CCCN(C)C)c2)cc1F. The van der Waals surface area contributed by atoms with Crippen molar-refractivity contribution in [3.05, 3.63) is 59.4 Å². The maximum absolute atomic E-state index is 13.4. The van der Waals surface area contributed by atoms with Crippen LogP contribution in [0.2, 0.25) is 0 Å². The molecule has 0 atom stereocenters. The van der Waals surface area contributed by atoms with Crippen molar-refractivity contribution in [2.45, 2.75) is 25.7 Å². The van der Waals surface area contributed by atoms with Gasteiger partial charge in [0.1, 0.15) is 25.2 Å². The summed E-state index contributed by atoms with van der Waals surface area (Å²) >= 11 is 0. The first kappa shape index (κ1) is 20.2. The molecular formula is C21H25BFNO2. The summed E-state index contributed by atoms with van der Waals surface area (Å²) in [6, 6.07) is 12.4. The number of nitrogens with zero attached hydrogens (tertiary/aromatic N) is 1. The Hall–Kier alpha value is -2.14. The zero-order chi connectivity index (χ0) is 18.9. The van der Waals surface area contributed by atoms with Gasteiger partial charge in [0, 0.05) is 25.3 Å². The standard InChI is InChI=1S/C21H25BFNO2/c1-24(2)11-4-7-18(25)14-17-6-3-5-16(13-17)10-12-26-19-8-9-20(22)21(23)15-19/h3,5-6,8-9,13,15H,4,7,10-12,14H2,1-2H3. The first-order valence-electron chi connectivity index (χ1n) is 8.86. The van der Waals surface area contributed by atoms with Crippen LogP contribution in [0.15, 0.2) is 42.5 Å². The normalized spacial score (nSPS) is 10.9. The molecule has 0 aliphatic carbocycles. The molecule has 0 saturated heterocycles. The number of hydrogen-bond donors (Lipinski definition) is 0. The van der Waals surface area contributed by atoms with E-state index in [1.54, 1.807) is 6.07 Å². The van der Waals surface area contributed by atoms with E-state index >= 15 is 0 Å². The van der Waals surface area contributed by atoms with Crippen LogP contribution in [0.3, 0.4) is 0 Å². The molecule has 0 heterocycles. The number of carbonyl (C=O) groups excluding carboxylic acids is 1. The summed E-state index contributed by atoms with van der Waals surface area (Å²) in [5, 5.41) is 0. The summed E-state index contributed by atoms with van der Waals surface area (Å²) in [5.74, 6) is 0.249. The third-order valence-corrected chi connectivity index (χ3v) is 4.09. The van der Waals surface area contributed by atoms with Gasteiger partial charge in [-0.3, -0.25) is 4.79 Å². The maximum Gasteiger partial charge on any atom is 0.137 e. The summed E-state index contributed by atoms with van der Waals surface area (Å²) < 4.78 is 19.0. The molecule has 0 aliphatic rings. The topological polar surface area (TPSA) is 29.5 Å². The van der Waals surface area contributed by atoms with Crippen molar-refractivity contribution < 1.29 is 13.9 Å². The average molecular weight is 353 g/mol. The molecule has 0 unspecified atom stereocenters. The fraction of sp³-hybridized carbons (Fsp3) is 0.381. The number of Topliss-reactive ketones (excluding diaryl/α,β-unsaturated/α-hetero) is 1. The summed E-state index contributed by atoms with van der Waals surface area (Å²) in [6.07, 6.45) is 2.64. The average Bonchev–Trinajstić information content (AvgIpc) is 2.58. The molecular weight excluding hydrogens is 328 g/mol. The third-order valence-electron chi connectivity index (χ3n) is 4.09. The predicted octanol–water partition coefficient (Wildman–Crippen LogP) is 2.69. The van der Waals surface area contributed by atoms with Crippen molar-refractivity contribution >= 4 is 19.1 Å². The van der Waals surface area contributed by atoms with Crippen LogP contribution >= 0.6 is 0 Å². The molecule has 26 heavy (non-hydrogen) atoms. The molecule has 0 N–H and O–H groups in total. The number of halogens is 1. The fourth-order valence-corrected chi connectivity index (χ4v) is 2.69. The van der Waals surface area contributed by atoms with Crippen LogP contribution in [0.4, 0.5) is 4.39 Å². The van der Waals surface area contributed by atoms with Crippen molar-refractivity contribution in [3.63, 3.8) is 0 Å². The van der Waals surface area contributed by atoms with Crippen molar-refractivity contribution in [1.82, 2.24) is 4.90 Å². The van der Waals surface area contributed by atoms with Crippen molar-refractivity contribution in [3.8, 4) is 5.75 Å². The number of benzene rings is 2. The second-order valence-corrected chi connectivity index (χ2v) is 6.72. The van der Waals surface area contributed by atoms with Crippen LogP contribution in [0.5, 0.6) is 5.75 Å². The lowest BCUT2D eigenvalue weighted by Gasteiger charge is -2.09. The number of carbonyl (C=O) groups is 1. The summed E-state index contributed by atoms with van der Waals surface area (Å²) in [6.45, 7) is 1.36. The van der Waals surface area contributed by atoms with Gasteiger partial charge in [-0.2, -0.15) is 0 Å². The Bertz CT molecular complexity index is 734. The number of ether oxygens (including phenoxy) is 1. The first-order chi connectivity index (χ1) is 12.4. The molecule has 3 nitrogen and oxygen atoms in total. The molecule has 0 bridgehead atoms. The molecule has 0 aliphatic heterocycles. The Morgan fingerprint density at radius 1 is 1.15 bits per heavy atom. The number of hydrogen-bond acceptors (Lipinski definition) is 3. The summed E-state index contributed by atoms with van der Waals surface area (Å²) in [4.78, 5) is 14.2. The van der Waals surface area contributed by atoms with Crippen LogP contribution < -0.4 is 10.2 Å². The second-order valence-electron chi connectivity index (χ2n) is 6.72. The highest BCUT2D eigenvalue weighted by Crippen LogP contribution is 2.13. The van der Waals surface area contributed by atoms with Crippen LogP contribution in [0.1, 0.15) is 24.0 Å². The largest absolute Gasteiger partial charge is 0.493 e. The van der Waals surface area contributed by atoms with Crippen molar-refractivity contribution in [2.24, 2.45) is 0 Å². The highest BCUT2D eigenvalue weighted by Gasteiger charge is 2.06. The van der Waals surface area contributed by atoms with Gasteiger partial charge < -0.3 is 9.64 Å². The maximum atomic E-state index is 13.4. The molecule has 2 radical (unpaired) electrons. The Labute approximate surface area is 156 Å². The van der Waals surface area contributed by atoms with Crippen molar-refractivity contribution in [2.75, 3.05) is 27.2 Å². The smallest absolute Gasteiger partial charge is 0.137 e. The van der Waals surface area contributed by atoms with E-state index < -0.39 is 5.82 Å². The molecule has 2 aromatic carbocycles. The monoisotopic (exact) mass is 353 g/mol. The predicted molar refractivity (Wildman–Crippen MR) is 104 cm³/mol. The zero-order valence-corrected chi connectivity index (χ0v) is 15.5. The van der Waals surface area contributed by atoms with Crippen LogP contribution in [-0.4, -0.2) is 45.8 Å². The summed E-state index contributed by atoms with van der Waals surface area (Å²) in [7, 11) is 9.47. The molecule has 136 valence electrons. The van der Waals surface area contributed by atoms with Crippen LogP contribution in [0.25, 0.3) is 0 Å². The molecule has 0 spiro atoms. The molecule has 5 heteroatoms. The van der Waals surface area contributed by atoms with E-state index in [9.17, 15) is 9.18 Å². The van der Waals surface area contributed by atoms with Crippen LogP contribution in [0, 0.1) is 5.82 Å². The van der Waals surface area contributed by atoms with Gasteiger partial charge in [-0.05, 0) is 44.3 Å². The van der Waals surface area contributed by atoms with E-state index in [1.807, 2.05) is 38.4 Å². The van der Waals surface area contributed by atoms with Gasteiger partial charge in [-0.1, -0.05) is 35.8 Å². The van der Waals surface area contributed by atoms with Gasteiger partial charge in [0.05, 0.1) is 6.61 Å². The minimum Gasteiger partial charge on any atom is -0.493 e. The number of ketones is 1. The molecule has 0 fully saturated rings. The van der Waals surface area contributed by atoms with Crippen LogP contribution in [-0.2, 0) is 17.6 Å². The summed E-state index contributed by atoms with van der Waals surface area (Å²) in [5.41, 5.74) is 2.23. The molecule has 2 aromatic rings. The highest BCUT2D eigenvalue weighted by atomic mass is 19.1. The molecule has 0 aromatic heterocycles. The zero-order valence-electron chi connectivity index (χ0n) is 15.5. The van der Waals surface area contributed by atoms with E-state index in [2.05, 4.69) is 4.90 Å². The lowest BCUT2D eigenvalue weighted by Crippen LogP contribution is -2.14.